The second-order valence-corrected chi connectivity index (χ2v) is 4.46. The van der Waals surface area contributed by atoms with E-state index in [4.69, 9.17) is 15.2 Å². The smallest absolute Gasteiger partial charge is 0.356 e. The van der Waals surface area contributed by atoms with Crippen molar-refractivity contribution in [3.63, 3.8) is 0 Å². The van der Waals surface area contributed by atoms with Gasteiger partial charge in [0.2, 0.25) is 0 Å². The average molecular weight is 239 g/mol. The summed E-state index contributed by atoms with van der Waals surface area (Å²) in [4.78, 5) is 11.7. The zero-order valence-electron chi connectivity index (χ0n) is 9.97. The molecule has 1 aliphatic heterocycles. The van der Waals surface area contributed by atoms with Crippen molar-refractivity contribution in [1.82, 2.24) is 10.2 Å². The Kier molecular flexibility index (Phi) is 3.33. The summed E-state index contributed by atoms with van der Waals surface area (Å²) in [6, 6.07) is 1.47. The van der Waals surface area contributed by atoms with Crippen LogP contribution in [0.25, 0.3) is 0 Å². The number of nitrogens with two attached hydrogens (primary N) is 1. The van der Waals surface area contributed by atoms with Gasteiger partial charge in [0.15, 0.2) is 0 Å². The first-order valence-electron chi connectivity index (χ1n) is 5.72. The van der Waals surface area contributed by atoms with Crippen LogP contribution < -0.4 is 5.73 Å². The van der Waals surface area contributed by atoms with E-state index in [1.54, 1.807) is 0 Å². The van der Waals surface area contributed by atoms with Crippen LogP contribution in [0.3, 0.4) is 0 Å². The summed E-state index contributed by atoms with van der Waals surface area (Å²) in [5.41, 5.74) is 5.71. The van der Waals surface area contributed by atoms with Gasteiger partial charge in [-0.1, -0.05) is 0 Å². The fourth-order valence-electron chi connectivity index (χ4n) is 2.10. The van der Waals surface area contributed by atoms with Crippen LogP contribution in [0.5, 0.6) is 0 Å². The Balaban J connectivity index is 1.94. The number of nitrogen functional groups attached to an aromatic ring is 1. The third-order valence-corrected chi connectivity index (χ3v) is 2.75. The maximum atomic E-state index is 11.7. The number of H-pyrrole nitrogens is 1. The molecule has 1 fully saturated rings. The predicted octanol–water partition coefficient (Wildman–Crippen LogP) is 1.10. The van der Waals surface area contributed by atoms with E-state index in [-0.39, 0.29) is 29.8 Å². The normalized spacial score (nSPS) is 28.9. The average Bonchev–Trinajstić information content (AvgIpc) is 2.63. The number of nitrogens with one attached hydrogen (secondary N) is 1. The van der Waals surface area contributed by atoms with Gasteiger partial charge in [0, 0.05) is 18.9 Å². The largest absolute Gasteiger partial charge is 0.457 e. The van der Waals surface area contributed by atoms with Crippen molar-refractivity contribution in [3.8, 4) is 0 Å². The minimum absolute atomic E-state index is 0.106. The Bertz CT molecular complexity index is 394. The van der Waals surface area contributed by atoms with Crippen LogP contribution in [0.1, 0.15) is 37.2 Å². The molecule has 6 nitrogen and oxygen atoms in total. The summed E-state index contributed by atoms with van der Waals surface area (Å²) in [5.74, 6) is -0.133. The first kappa shape index (κ1) is 11.9. The fourth-order valence-corrected chi connectivity index (χ4v) is 2.10. The van der Waals surface area contributed by atoms with Crippen molar-refractivity contribution in [3.05, 3.63) is 11.8 Å². The number of esters is 1. The Labute approximate surface area is 99.5 Å². The number of hydrogen-bond donors (Lipinski definition) is 2. The van der Waals surface area contributed by atoms with Gasteiger partial charge in [-0.15, -0.1) is 0 Å². The molecular weight excluding hydrogens is 222 g/mol. The van der Waals surface area contributed by atoms with Crippen molar-refractivity contribution in [1.29, 1.82) is 0 Å². The van der Waals surface area contributed by atoms with Gasteiger partial charge in [-0.2, -0.15) is 5.10 Å². The minimum Gasteiger partial charge on any atom is -0.457 e. The minimum atomic E-state index is -0.416. The van der Waals surface area contributed by atoms with Crippen LogP contribution in [0, 0.1) is 0 Å². The molecular formula is C11H17N3O3. The van der Waals surface area contributed by atoms with Gasteiger partial charge >= 0.3 is 5.97 Å². The number of carbonyl (C=O) groups excluding carboxylic acids is 1. The van der Waals surface area contributed by atoms with Crippen molar-refractivity contribution >= 4 is 11.8 Å². The lowest BCUT2D eigenvalue weighted by molar-refractivity contribution is -0.0856. The van der Waals surface area contributed by atoms with Gasteiger partial charge in [0.25, 0.3) is 0 Å². The summed E-state index contributed by atoms with van der Waals surface area (Å²) < 4.78 is 11.0. The topological polar surface area (TPSA) is 90.2 Å². The van der Waals surface area contributed by atoms with Crippen LogP contribution in [-0.4, -0.2) is 34.5 Å². The van der Waals surface area contributed by atoms with Crippen LogP contribution in [-0.2, 0) is 9.47 Å². The van der Waals surface area contributed by atoms with Gasteiger partial charge in [-0.25, -0.2) is 4.79 Å². The molecule has 1 aromatic heterocycles. The van der Waals surface area contributed by atoms with Crippen molar-refractivity contribution in [2.75, 3.05) is 5.73 Å². The van der Waals surface area contributed by atoms with Gasteiger partial charge < -0.3 is 15.2 Å². The van der Waals surface area contributed by atoms with Gasteiger partial charge in [0.1, 0.15) is 17.6 Å². The molecule has 2 atom stereocenters. The molecule has 1 saturated heterocycles. The number of rotatable bonds is 2. The molecule has 0 amide bonds. The Morgan fingerprint density at radius 2 is 2.18 bits per heavy atom. The summed E-state index contributed by atoms with van der Waals surface area (Å²) in [6.07, 6.45) is 1.57. The third kappa shape index (κ3) is 2.97. The highest BCUT2D eigenvalue weighted by molar-refractivity contribution is 5.88. The molecule has 0 spiro atoms. The highest BCUT2D eigenvalue weighted by Crippen LogP contribution is 2.22. The number of carbonyl (C=O) groups is 1. The quantitative estimate of drug-likeness (QED) is 0.754. The molecule has 2 heterocycles. The molecule has 0 saturated carbocycles. The van der Waals surface area contributed by atoms with Crippen LogP contribution in [0.15, 0.2) is 6.07 Å². The lowest BCUT2D eigenvalue weighted by Crippen LogP contribution is -2.35. The Morgan fingerprint density at radius 1 is 1.53 bits per heavy atom. The second kappa shape index (κ2) is 4.75. The Morgan fingerprint density at radius 3 is 2.71 bits per heavy atom. The van der Waals surface area contributed by atoms with Crippen LogP contribution in [0.2, 0.25) is 0 Å². The molecule has 6 heteroatoms. The molecule has 2 unspecified atom stereocenters. The van der Waals surface area contributed by atoms with E-state index in [2.05, 4.69) is 10.2 Å². The van der Waals surface area contributed by atoms with Crippen LogP contribution >= 0.6 is 0 Å². The molecule has 2 rings (SSSR count). The van der Waals surface area contributed by atoms with E-state index in [1.165, 1.54) is 6.07 Å². The zero-order chi connectivity index (χ0) is 12.4. The van der Waals surface area contributed by atoms with E-state index in [0.29, 0.717) is 0 Å². The van der Waals surface area contributed by atoms with E-state index in [1.807, 2.05) is 13.8 Å². The number of ether oxygens (including phenoxy) is 2. The first-order valence-corrected chi connectivity index (χ1v) is 5.72. The number of anilines is 1. The lowest BCUT2D eigenvalue weighted by atomic mass is 10.0. The molecule has 17 heavy (non-hydrogen) atoms. The zero-order valence-corrected chi connectivity index (χ0v) is 9.97. The molecule has 0 radical (unpaired) electrons. The maximum absolute atomic E-state index is 11.7. The lowest BCUT2D eigenvalue weighted by Gasteiger charge is -2.31. The van der Waals surface area contributed by atoms with E-state index >= 15 is 0 Å². The van der Waals surface area contributed by atoms with Crippen molar-refractivity contribution < 1.29 is 14.3 Å². The summed E-state index contributed by atoms with van der Waals surface area (Å²) in [5, 5.41) is 6.22. The van der Waals surface area contributed by atoms with Gasteiger partial charge in [0.05, 0.1) is 12.2 Å². The molecule has 0 aliphatic carbocycles. The molecule has 0 aromatic carbocycles. The van der Waals surface area contributed by atoms with Gasteiger partial charge in [-0.3, -0.25) is 5.10 Å². The predicted molar refractivity (Wildman–Crippen MR) is 61.4 cm³/mol. The summed E-state index contributed by atoms with van der Waals surface area (Å²) in [7, 11) is 0. The van der Waals surface area contributed by atoms with Crippen molar-refractivity contribution in [2.24, 2.45) is 0 Å². The van der Waals surface area contributed by atoms with E-state index < -0.39 is 5.97 Å². The van der Waals surface area contributed by atoms with Crippen molar-refractivity contribution in [2.45, 2.75) is 45.0 Å². The number of aromatic nitrogens is 2. The molecule has 1 aromatic rings. The maximum Gasteiger partial charge on any atom is 0.356 e. The van der Waals surface area contributed by atoms with E-state index in [0.717, 1.165) is 12.8 Å². The number of hydrogen-bond acceptors (Lipinski definition) is 5. The monoisotopic (exact) mass is 239 g/mol. The van der Waals surface area contributed by atoms with Crippen LogP contribution in [0.4, 0.5) is 5.82 Å². The first-order chi connectivity index (χ1) is 8.04. The number of nitrogens with zero attached hydrogens (tertiary/aromatic N) is 1. The molecule has 1 aliphatic rings. The molecule has 94 valence electrons. The Hall–Kier alpha value is -1.56. The second-order valence-electron chi connectivity index (χ2n) is 4.46. The molecule has 0 bridgehead atoms. The SMILES string of the molecule is CC1CC(OC(=O)c2cc(N)n[nH]2)CC(C)O1. The van der Waals surface area contributed by atoms with Gasteiger partial charge in [-0.05, 0) is 13.8 Å². The summed E-state index contributed by atoms with van der Waals surface area (Å²) >= 11 is 0. The third-order valence-electron chi connectivity index (χ3n) is 2.75. The fraction of sp³-hybridized carbons (Fsp3) is 0.636. The van der Waals surface area contributed by atoms with E-state index in [9.17, 15) is 4.79 Å². The summed E-state index contributed by atoms with van der Waals surface area (Å²) in [6.45, 7) is 3.95. The number of aromatic amines is 1. The highest BCUT2D eigenvalue weighted by atomic mass is 16.6. The molecule has 3 N–H and O–H groups in total. The highest BCUT2D eigenvalue weighted by Gasteiger charge is 2.27. The standard InChI is InChI=1S/C11H17N3O3/c1-6-3-8(4-7(2)16-6)17-11(15)9-5-10(12)14-13-9/h5-8H,3-4H2,1-2H3,(H3,12,13,14).